The molecular weight excluding hydrogens is 278 g/mol. The van der Waals surface area contributed by atoms with E-state index in [4.69, 9.17) is 0 Å². The largest absolute Gasteiger partial charge is 0.298 e. The molecule has 23 heavy (non-hydrogen) atoms. The van der Waals surface area contributed by atoms with E-state index in [9.17, 15) is 0 Å². The van der Waals surface area contributed by atoms with Gasteiger partial charge in [0, 0.05) is 0 Å². The third-order valence-corrected chi connectivity index (χ3v) is 4.77. The van der Waals surface area contributed by atoms with Gasteiger partial charge < -0.3 is 0 Å². The predicted molar refractivity (Wildman–Crippen MR) is 103 cm³/mol. The summed E-state index contributed by atoms with van der Waals surface area (Å²) in [6.45, 7) is 2.27. The Morgan fingerprint density at radius 1 is 0.957 bits per heavy atom. The fourth-order valence-electron chi connectivity index (χ4n) is 3.34. The van der Waals surface area contributed by atoms with E-state index in [0.29, 0.717) is 0 Å². The molecule has 2 aromatic rings. The zero-order valence-electron chi connectivity index (χ0n) is 14.9. The van der Waals surface area contributed by atoms with Crippen molar-refractivity contribution in [3.05, 3.63) is 59.2 Å². The average Bonchev–Trinajstić information content (AvgIpc) is 2.95. The standard InChI is InChI=1S/C22H28N/c1-5-6-8-17-15-19-9-7-10-21(22(19)16-17)18-11-13-20(14-12-18)23(2,3)4/h7,9-14,16H,5-6,8,15H2,1-4H3/q+1. The number of quaternary nitrogens is 1. The molecule has 0 aromatic heterocycles. The van der Waals surface area contributed by atoms with E-state index in [-0.39, 0.29) is 0 Å². The number of benzene rings is 2. The normalized spacial score (nSPS) is 13.8. The number of fused-ring (bicyclic) bond motifs is 1. The molecule has 0 spiro atoms. The highest BCUT2D eigenvalue weighted by Gasteiger charge is 2.17. The van der Waals surface area contributed by atoms with E-state index in [1.807, 2.05) is 0 Å². The van der Waals surface area contributed by atoms with Gasteiger partial charge in [-0.1, -0.05) is 43.2 Å². The molecule has 0 saturated carbocycles. The molecule has 2 aromatic carbocycles. The molecule has 1 heteroatoms. The van der Waals surface area contributed by atoms with Crippen molar-refractivity contribution < 1.29 is 0 Å². The third-order valence-electron chi connectivity index (χ3n) is 4.77. The minimum atomic E-state index is 0.855. The lowest BCUT2D eigenvalue weighted by Crippen LogP contribution is -2.34. The summed E-state index contributed by atoms with van der Waals surface area (Å²) in [5, 5.41) is 0. The molecule has 1 aliphatic rings. The number of hydrogen-bond acceptors (Lipinski definition) is 0. The van der Waals surface area contributed by atoms with Crippen LogP contribution in [0.3, 0.4) is 0 Å². The molecule has 1 aliphatic carbocycles. The zero-order chi connectivity index (χ0) is 16.4. The molecule has 0 N–H and O–H groups in total. The van der Waals surface area contributed by atoms with Crippen LogP contribution in [0.5, 0.6) is 0 Å². The van der Waals surface area contributed by atoms with E-state index in [0.717, 1.165) is 10.9 Å². The van der Waals surface area contributed by atoms with Crippen molar-refractivity contribution >= 4 is 11.8 Å². The molecule has 0 saturated heterocycles. The Hall–Kier alpha value is -1.86. The topological polar surface area (TPSA) is 0 Å². The van der Waals surface area contributed by atoms with Crippen molar-refractivity contribution in [2.24, 2.45) is 0 Å². The van der Waals surface area contributed by atoms with Gasteiger partial charge in [-0.2, -0.15) is 0 Å². The minimum Gasteiger partial charge on any atom is -0.298 e. The molecule has 120 valence electrons. The first-order valence-electron chi connectivity index (χ1n) is 8.73. The highest BCUT2D eigenvalue weighted by Crippen LogP contribution is 2.36. The highest BCUT2D eigenvalue weighted by atomic mass is 15.3. The fraction of sp³-hybridized carbons (Fsp3) is 0.364. The molecule has 1 nitrogen and oxygen atoms in total. The highest BCUT2D eigenvalue weighted by molar-refractivity contribution is 5.81. The van der Waals surface area contributed by atoms with Crippen molar-refractivity contribution in [2.45, 2.75) is 32.6 Å². The Morgan fingerprint density at radius 3 is 2.35 bits per heavy atom. The van der Waals surface area contributed by atoms with Crippen LogP contribution in [0.1, 0.15) is 37.3 Å². The zero-order valence-corrected chi connectivity index (χ0v) is 14.9. The van der Waals surface area contributed by atoms with Gasteiger partial charge in [-0.3, -0.25) is 4.48 Å². The molecule has 0 aliphatic heterocycles. The van der Waals surface area contributed by atoms with Gasteiger partial charge in [-0.15, -0.1) is 0 Å². The average molecular weight is 306 g/mol. The van der Waals surface area contributed by atoms with Gasteiger partial charge in [0.25, 0.3) is 0 Å². The first kappa shape index (κ1) is 16.0. The number of unbranched alkanes of at least 4 members (excludes halogenated alkanes) is 1. The Kier molecular flexibility index (Phi) is 4.41. The monoisotopic (exact) mass is 306 g/mol. The first-order valence-corrected chi connectivity index (χ1v) is 8.73. The van der Waals surface area contributed by atoms with E-state index >= 15 is 0 Å². The fourth-order valence-corrected chi connectivity index (χ4v) is 3.34. The van der Waals surface area contributed by atoms with Crippen LogP contribution in [0.25, 0.3) is 17.2 Å². The summed E-state index contributed by atoms with van der Waals surface area (Å²) in [5.41, 5.74) is 8.56. The number of rotatable bonds is 5. The van der Waals surface area contributed by atoms with Crippen LogP contribution in [0.4, 0.5) is 5.69 Å². The van der Waals surface area contributed by atoms with Crippen molar-refractivity contribution in [1.29, 1.82) is 0 Å². The molecule has 0 unspecified atom stereocenters. The van der Waals surface area contributed by atoms with Crippen LogP contribution >= 0.6 is 0 Å². The maximum absolute atomic E-state index is 2.44. The lowest BCUT2D eigenvalue weighted by atomic mass is 9.97. The first-order chi connectivity index (χ1) is 11.0. The Balaban J connectivity index is 1.93. The molecule has 0 bridgehead atoms. The second-order valence-electron chi connectivity index (χ2n) is 7.52. The smallest absolute Gasteiger partial charge is 0.132 e. The number of hydrogen-bond donors (Lipinski definition) is 0. The van der Waals surface area contributed by atoms with Gasteiger partial charge in [0.1, 0.15) is 5.69 Å². The van der Waals surface area contributed by atoms with E-state index in [1.54, 1.807) is 5.57 Å². The Labute approximate surface area is 140 Å². The van der Waals surface area contributed by atoms with Crippen molar-refractivity contribution in [2.75, 3.05) is 21.1 Å². The van der Waals surface area contributed by atoms with Gasteiger partial charge in [0.2, 0.25) is 0 Å². The number of nitrogens with zero attached hydrogens (tertiary/aromatic N) is 1. The SMILES string of the molecule is CCCCC1=Cc2c(cccc2-c2ccc([N+](C)(C)C)cc2)C1. The molecule has 3 rings (SSSR count). The second-order valence-corrected chi connectivity index (χ2v) is 7.52. The Morgan fingerprint density at radius 2 is 1.70 bits per heavy atom. The van der Waals surface area contributed by atoms with Gasteiger partial charge in [-0.05, 0) is 65.8 Å². The summed E-state index contributed by atoms with van der Waals surface area (Å²) >= 11 is 0. The summed E-state index contributed by atoms with van der Waals surface area (Å²) in [4.78, 5) is 0. The Bertz CT molecular complexity index is 715. The lowest BCUT2D eigenvalue weighted by Gasteiger charge is -2.23. The maximum Gasteiger partial charge on any atom is 0.132 e. The van der Waals surface area contributed by atoms with Crippen LogP contribution in [0.15, 0.2) is 48.0 Å². The summed E-state index contributed by atoms with van der Waals surface area (Å²) in [5.74, 6) is 0. The lowest BCUT2D eigenvalue weighted by molar-refractivity contribution is 0.486. The van der Waals surface area contributed by atoms with Crippen LogP contribution in [0.2, 0.25) is 0 Å². The second kappa shape index (κ2) is 6.33. The predicted octanol–water partition coefficient (Wildman–Crippen LogP) is 5.68. The maximum atomic E-state index is 2.44. The molecule has 0 atom stereocenters. The summed E-state index contributed by atoms with van der Waals surface area (Å²) in [6, 6.07) is 15.8. The van der Waals surface area contributed by atoms with Crippen molar-refractivity contribution in [1.82, 2.24) is 4.48 Å². The molecular formula is C22H28N+. The summed E-state index contributed by atoms with van der Waals surface area (Å²) < 4.78 is 0.855. The molecule has 0 radical (unpaired) electrons. The van der Waals surface area contributed by atoms with Gasteiger partial charge in [0.15, 0.2) is 0 Å². The van der Waals surface area contributed by atoms with Gasteiger partial charge in [0.05, 0.1) is 21.1 Å². The minimum absolute atomic E-state index is 0.855. The van der Waals surface area contributed by atoms with Crippen molar-refractivity contribution in [3.63, 3.8) is 0 Å². The summed E-state index contributed by atoms with van der Waals surface area (Å²) in [7, 11) is 6.62. The molecule has 0 amide bonds. The van der Waals surface area contributed by atoms with E-state index < -0.39 is 0 Å². The third kappa shape index (κ3) is 3.40. The van der Waals surface area contributed by atoms with Gasteiger partial charge in [-0.25, -0.2) is 0 Å². The van der Waals surface area contributed by atoms with Gasteiger partial charge >= 0.3 is 0 Å². The summed E-state index contributed by atoms with van der Waals surface area (Å²) in [6.07, 6.45) is 7.39. The molecule has 0 fully saturated rings. The van der Waals surface area contributed by atoms with Crippen LogP contribution in [0, 0.1) is 0 Å². The number of allylic oxidation sites excluding steroid dienone is 1. The van der Waals surface area contributed by atoms with Crippen LogP contribution in [-0.4, -0.2) is 21.1 Å². The van der Waals surface area contributed by atoms with E-state index in [2.05, 4.69) is 76.6 Å². The van der Waals surface area contributed by atoms with E-state index in [1.165, 1.54) is 47.2 Å². The molecule has 0 heterocycles. The van der Waals surface area contributed by atoms with Crippen LogP contribution < -0.4 is 4.48 Å². The van der Waals surface area contributed by atoms with Crippen LogP contribution in [-0.2, 0) is 6.42 Å². The quantitative estimate of drug-likeness (QED) is 0.623. The van der Waals surface area contributed by atoms with Crippen molar-refractivity contribution in [3.8, 4) is 11.1 Å².